The summed E-state index contributed by atoms with van der Waals surface area (Å²) in [5.41, 5.74) is 0.765. The zero-order valence-electron chi connectivity index (χ0n) is 18.3. The fourth-order valence-corrected chi connectivity index (χ4v) is 4.92. The number of nitrogens with zero attached hydrogens (tertiary/aromatic N) is 5. The van der Waals surface area contributed by atoms with E-state index in [4.69, 9.17) is 4.98 Å². The third kappa shape index (κ3) is 4.60. The molecule has 3 rings (SSSR count). The number of thiophene rings is 1. The average Bonchev–Trinajstić information content (AvgIpc) is 3.27. The van der Waals surface area contributed by atoms with Gasteiger partial charge in [0.25, 0.3) is 5.56 Å². The first kappa shape index (κ1) is 22.5. The van der Waals surface area contributed by atoms with Gasteiger partial charge in [0.05, 0.1) is 11.9 Å². The van der Waals surface area contributed by atoms with E-state index in [0.29, 0.717) is 22.9 Å². The zero-order chi connectivity index (χ0) is 22.0. The van der Waals surface area contributed by atoms with Crippen molar-refractivity contribution in [2.45, 2.75) is 60.5 Å². The lowest BCUT2D eigenvalue weighted by molar-refractivity contribution is -0.116. The van der Waals surface area contributed by atoms with Crippen LogP contribution in [0, 0.1) is 13.8 Å². The second kappa shape index (κ2) is 9.32. The molecule has 3 heterocycles. The Bertz CT molecular complexity index is 1110. The highest BCUT2D eigenvalue weighted by Crippen LogP contribution is 2.27. The van der Waals surface area contributed by atoms with E-state index in [0.717, 1.165) is 33.4 Å². The van der Waals surface area contributed by atoms with Crippen molar-refractivity contribution >= 4 is 43.9 Å². The summed E-state index contributed by atoms with van der Waals surface area (Å²) in [6.45, 7) is 14.2. The Labute approximate surface area is 184 Å². The van der Waals surface area contributed by atoms with Crippen molar-refractivity contribution in [1.29, 1.82) is 0 Å². The summed E-state index contributed by atoms with van der Waals surface area (Å²) in [5, 5.41) is 12.8. The molecule has 0 aromatic carbocycles. The van der Waals surface area contributed by atoms with Crippen LogP contribution in [0.25, 0.3) is 10.2 Å². The second-order valence-corrected chi connectivity index (χ2v) is 9.70. The fourth-order valence-electron chi connectivity index (χ4n) is 3.12. The largest absolute Gasteiger partial charge is 0.299 e. The number of anilines is 1. The Morgan fingerprint density at radius 1 is 1.17 bits per heavy atom. The van der Waals surface area contributed by atoms with Crippen LogP contribution in [-0.4, -0.2) is 43.6 Å². The molecule has 10 heteroatoms. The third-order valence-electron chi connectivity index (χ3n) is 5.11. The van der Waals surface area contributed by atoms with E-state index < -0.39 is 0 Å². The van der Waals surface area contributed by atoms with E-state index in [1.165, 1.54) is 27.2 Å². The maximum atomic E-state index is 13.3. The molecule has 0 atom stereocenters. The number of carbonyl (C=O) groups excluding carboxylic acids is 1. The number of fused-ring (bicyclic) bond motifs is 1. The van der Waals surface area contributed by atoms with Crippen LogP contribution in [0.1, 0.15) is 54.9 Å². The van der Waals surface area contributed by atoms with Gasteiger partial charge in [0.1, 0.15) is 22.2 Å². The maximum Gasteiger partial charge on any atom is 0.263 e. The molecule has 1 amide bonds. The molecule has 30 heavy (non-hydrogen) atoms. The van der Waals surface area contributed by atoms with Crippen molar-refractivity contribution in [2.75, 3.05) is 18.4 Å². The first-order chi connectivity index (χ1) is 14.2. The standard InChI is InChI=1S/C20H28N6O2S2/c1-7-25(8-2)9-14-21-18-16(12(5)13(6)29-18)19(28)26(14)10-15(27)22-20-24-23-17(30-20)11(3)4/h11H,7-10H2,1-6H3,(H,22,24,27). The van der Waals surface area contributed by atoms with E-state index in [2.05, 4.69) is 34.3 Å². The van der Waals surface area contributed by atoms with Crippen LogP contribution < -0.4 is 10.9 Å². The molecule has 0 aliphatic rings. The molecule has 0 unspecified atom stereocenters. The van der Waals surface area contributed by atoms with Crippen molar-refractivity contribution in [3.63, 3.8) is 0 Å². The van der Waals surface area contributed by atoms with Gasteiger partial charge in [-0.15, -0.1) is 21.5 Å². The molecular weight excluding hydrogens is 420 g/mol. The van der Waals surface area contributed by atoms with Crippen LogP contribution in [0.15, 0.2) is 4.79 Å². The molecule has 0 aliphatic heterocycles. The van der Waals surface area contributed by atoms with E-state index in [9.17, 15) is 9.59 Å². The number of carbonyl (C=O) groups is 1. The lowest BCUT2D eigenvalue weighted by atomic mass is 10.2. The predicted molar refractivity (Wildman–Crippen MR) is 123 cm³/mol. The number of amides is 1. The van der Waals surface area contributed by atoms with Crippen molar-refractivity contribution in [3.05, 3.63) is 31.6 Å². The average molecular weight is 449 g/mol. The second-order valence-electron chi connectivity index (χ2n) is 7.49. The lowest BCUT2D eigenvalue weighted by Crippen LogP contribution is -2.34. The molecule has 3 aromatic heterocycles. The van der Waals surface area contributed by atoms with Gasteiger partial charge in [-0.2, -0.15) is 0 Å². The van der Waals surface area contributed by atoms with Gasteiger partial charge < -0.3 is 0 Å². The van der Waals surface area contributed by atoms with Gasteiger partial charge in [0, 0.05) is 10.8 Å². The van der Waals surface area contributed by atoms with Gasteiger partial charge in [-0.25, -0.2) is 4.98 Å². The molecule has 0 saturated heterocycles. The van der Waals surface area contributed by atoms with Gasteiger partial charge in [-0.1, -0.05) is 39.0 Å². The Morgan fingerprint density at radius 3 is 2.47 bits per heavy atom. The van der Waals surface area contributed by atoms with E-state index >= 15 is 0 Å². The number of rotatable bonds is 8. The first-order valence-corrected chi connectivity index (χ1v) is 11.7. The van der Waals surface area contributed by atoms with Crippen LogP contribution in [0.2, 0.25) is 0 Å². The number of aryl methyl sites for hydroxylation is 2. The first-order valence-electron chi connectivity index (χ1n) is 10.1. The molecule has 1 N–H and O–H groups in total. The van der Waals surface area contributed by atoms with Crippen molar-refractivity contribution in [1.82, 2.24) is 24.6 Å². The Hall–Kier alpha value is -2.17. The summed E-state index contributed by atoms with van der Waals surface area (Å²) in [6, 6.07) is 0. The smallest absolute Gasteiger partial charge is 0.263 e. The van der Waals surface area contributed by atoms with Crippen molar-refractivity contribution in [2.24, 2.45) is 0 Å². The minimum atomic E-state index is -0.310. The number of aromatic nitrogens is 4. The Balaban J connectivity index is 1.96. The summed E-state index contributed by atoms with van der Waals surface area (Å²) in [7, 11) is 0. The molecule has 8 nitrogen and oxygen atoms in total. The van der Waals surface area contributed by atoms with Crippen LogP contribution in [0.5, 0.6) is 0 Å². The van der Waals surface area contributed by atoms with Gasteiger partial charge in [0.2, 0.25) is 11.0 Å². The van der Waals surface area contributed by atoms with Crippen LogP contribution in [0.4, 0.5) is 5.13 Å². The van der Waals surface area contributed by atoms with Gasteiger partial charge >= 0.3 is 0 Å². The highest BCUT2D eigenvalue weighted by atomic mass is 32.1. The maximum absolute atomic E-state index is 13.3. The summed E-state index contributed by atoms with van der Waals surface area (Å²) >= 11 is 2.88. The highest BCUT2D eigenvalue weighted by Gasteiger charge is 2.20. The predicted octanol–water partition coefficient (Wildman–Crippen LogP) is 3.53. The van der Waals surface area contributed by atoms with E-state index in [1.54, 1.807) is 0 Å². The number of nitrogens with one attached hydrogen (secondary N) is 1. The van der Waals surface area contributed by atoms with Gasteiger partial charge in [0.15, 0.2) is 0 Å². The molecule has 0 fully saturated rings. The molecule has 0 aliphatic carbocycles. The molecule has 162 valence electrons. The summed E-state index contributed by atoms with van der Waals surface area (Å²) < 4.78 is 1.50. The van der Waals surface area contributed by atoms with E-state index in [1.807, 2.05) is 27.7 Å². The Kier molecular flexibility index (Phi) is 6.99. The van der Waals surface area contributed by atoms with Crippen LogP contribution in [-0.2, 0) is 17.9 Å². The minimum Gasteiger partial charge on any atom is -0.299 e. The van der Waals surface area contributed by atoms with E-state index in [-0.39, 0.29) is 23.9 Å². The summed E-state index contributed by atoms with van der Waals surface area (Å²) in [6.07, 6.45) is 0. The molecular formula is C20H28N6O2S2. The molecule has 3 aromatic rings. The molecule has 0 bridgehead atoms. The molecule has 0 spiro atoms. The number of hydrogen-bond acceptors (Lipinski definition) is 8. The van der Waals surface area contributed by atoms with Crippen LogP contribution >= 0.6 is 22.7 Å². The fraction of sp³-hybridized carbons (Fsp3) is 0.550. The van der Waals surface area contributed by atoms with Gasteiger partial charge in [-0.3, -0.25) is 24.4 Å². The minimum absolute atomic E-state index is 0.108. The number of hydrogen-bond donors (Lipinski definition) is 1. The normalized spacial score (nSPS) is 11.7. The van der Waals surface area contributed by atoms with Crippen LogP contribution in [0.3, 0.4) is 0 Å². The monoisotopic (exact) mass is 448 g/mol. The third-order valence-corrected chi connectivity index (χ3v) is 7.35. The Morgan fingerprint density at radius 2 is 1.87 bits per heavy atom. The topological polar surface area (TPSA) is 93.0 Å². The molecule has 0 saturated carbocycles. The molecule has 0 radical (unpaired) electrons. The quantitative estimate of drug-likeness (QED) is 0.567. The summed E-state index contributed by atoms with van der Waals surface area (Å²) in [4.78, 5) is 34.8. The highest BCUT2D eigenvalue weighted by molar-refractivity contribution is 7.18. The SMILES string of the molecule is CCN(CC)Cc1nc2sc(C)c(C)c2c(=O)n1CC(=O)Nc1nnc(C(C)C)s1. The van der Waals surface area contributed by atoms with Crippen molar-refractivity contribution in [3.8, 4) is 0 Å². The summed E-state index contributed by atoms with van der Waals surface area (Å²) in [5.74, 6) is 0.538. The lowest BCUT2D eigenvalue weighted by Gasteiger charge is -2.20. The zero-order valence-corrected chi connectivity index (χ0v) is 19.9. The van der Waals surface area contributed by atoms with Gasteiger partial charge in [-0.05, 0) is 32.5 Å². The van der Waals surface area contributed by atoms with Crippen molar-refractivity contribution < 1.29 is 4.79 Å².